The fourth-order valence-electron chi connectivity index (χ4n) is 0.895. The minimum atomic E-state index is -2.76. The van der Waals surface area contributed by atoms with Crippen molar-refractivity contribution in [2.75, 3.05) is 6.54 Å². The van der Waals surface area contributed by atoms with E-state index in [0.29, 0.717) is 11.4 Å². The predicted octanol–water partition coefficient (Wildman–Crippen LogP) is 2.32. The zero-order chi connectivity index (χ0) is 9.03. The quantitative estimate of drug-likeness (QED) is 0.680. The second-order valence-corrected chi connectivity index (χ2v) is 4.22. The zero-order valence-electron chi connectivity index (χ0n) is 6.90. The lowest BCUT2D eigenvalue weighted by molar-refractivity contribution is 0.472. The SMILES string of the molecule is CCNS(O)(O)c1ccccc1. The Hall–Kier alpha value is -0.550. The Morgan fingerprint density at radius 3 is 2.33 bits per heavy atom. The summed E-state index contributed by atoms with van der Waals surface area (Å²) < 4.78 is 21.7. The van der Waals surface area contributed by atoms with Gasteiger partial charge < -0.3 is 0 Å². The molecule has 0 saturated carbocycles. The Morgan fingerprint density at radius 1 is 1.25 bits per heavy atom. The molecule has 68 valence electrons. The molecule has 0 bridgehead atoms. The molecule has 0 aliphatic rings. The summed E-state index contributed by atoms with van der Waals surface area (Å²) in [5.41, 5.74) is 0. The summed E-state index contributed by atoms with van der Waals surface area (Å²) in [6, 6.07) is 8.78. The van der Waals surface area contributed by atoms with Gasteiger partial charge in [-0.25, -0.2) is 4.72 Å². The van der Waals surface area contributed by atoms with Crippen molar-refractivity contribution >= 4 is 10.8 Å². The lowest BCUT2D eigenvalue weighted by Gasteiger charge is -2.32. The van der Waals surface area contributed by atoms with E-state index in [2.05, 4.69) is 4.72 Å². The maximum atomic E-state index is 9.51. The summed E-state index contributed by atoms with van der Waals surface area (Å²) in [5.74, 6) is 0. The normalized spacial score (nSPS) is 12.9. The van der Waals surface area contributed by atoms with Crippen LogP contribution in [0.4, 0.5) is 0 Å². The first-order chi connectivity index (χ1) is 5.67. The molecule has 0 aliphatic heterocycles. The summed E-state index contributed by atoms with van der Waals surface area (Å²) in [7, 11) is -2.76. The average Bonchev–Trinajstić information content (AvgIpc) is 2.06. The molecule has 0 aliphatic carbocycles. The van der Waals surface area contributed by atoms with Crippen molar-refractivity contribution in [3.8, 4) is 0 Å². The monoisotopic (exact) mass is 187 g/mol. The van der Waals surface area contributed by atoms with Crippen LogP contribution >= 0.6 is 10.8 Å². The standard InChI is InChI=1S/C8H13NO2S/c1-2-9-12(10,11)8-6-4-3-5-7-8/h3-7,9-11H,2H2,1H3. The van der Waals surface area contributed by atoms with Crippen molar-refractivity contribution in [2.24, 2.45) is 0 Å². The van der Waals surface area contributed by atoms with Gasteiger partial charge in [-0.2, -0.15) is 0 Å². The summed E-state index contributed by atoms with van der Waals surface area (Å²) in [6.07, 6.45) is 0. The fourth-order valence-corrected chi connectivity index (χ4v) is 2.00. The fraction of sp³-hybridized carbons (Fsp3) is 0.250. The van der Waals surface area contributed by atoms with Gasteiger partial charge in [0.25, 0.3) is 0 Å². The van der Waals surface area contributed by atoms with Crippen LogP contribution in [0.25, 0.3) is 0 Å². The second-order valence-electron chi connectivity index (χ2n) is 2.36. The lowest BCUT2D eigenvalue weighted by atomic mass is 10.4. The Balaban J connectivity index is 2.82. The molecule has 3 N–H and O–H groups in total. The van der Waals surface area contributed by atoms with Crippen molar-refractivity contribution in [2.45, 2.75) is 11.8 Å². The third-order valence-electron chi connectivity index (χ3n) is 1.42. The minimum absolute atomic E-state index is 0.534. The van der Waals surface area contributed by atoms with E-state index in [0.717, 1.165) is 0 Å². The van der Waals surface area contributed by atoms with E-state index in [1.54, 1.807) is 24.3 Å². The molecular weight excluding hydrogens is 174 g/mol. The highest BCUT2D eigenvalue weighted by atomic mass is 32.3. The summed E-state index contributed by atoms with van der Waals surface area (Å²) >= 11 is 0. The molecule has 0 radical (unpaired) electrons. The van der Waals surface area contributed by atoms with Crippen molar-refractivity contribution in [1.82, 2.24) is 4.72 Å². The van der Waals surface area contributed by atoms with Gasteiger partial charge in [0.15, 0.2) is 0 Å². The van der Waals surface area contributed by atoms with Gasteiger partial charge in [-0.05, 0) is 12.1 Å². The molecule has 0 saturated heterocycles. The third-order valence-corrected chi connectivity index (χ3v) is 3.04. The maximum absolute atomic E-state index is 9.51. The first-order valence-electron chi connectivity index (χ1n) is 3.74. The highest BCUT2D eigenvalue weighted by molar-refractivity contribution is 8.22. The van der Waals surface area contributed by atoms with Crippen LogP contribution < -0.4 is 4.72 Å². The van der Waals surface area contributed by atoms with E-state index in [-0.39, 0.29) is 0 Å². The number of benzene rings is 1. The van der Waals surface area contributed by atoms with Crippen LogP contribution in [0.5, 0.6) is 0 Å². The maximum Gasteiger partial charge on any atom is 0.0750 e. The molecule has 12 heavy (non-hydrogen) atoms. The smallest absolute Gasteiger partial charge is 0.0750 e. The van der Waals surface area contributed by atoms with Gasteiger partial charge in [-0.3, -0.25) is 9.11 Å². The number of nitrogens with one attached hydrogen (secondary N) is 1. The molecule has 0 unspecified atom stereocenters. The summed E-state index contributed by atoms with van der Waals surface area (Å²) in [4.78, 5) is 0.534. The van der Waals surface area contributed by atoms with Gasteiger partial charge in [-0.1, -0.05) is 25.1 Å². The van der Waals surface area contributed by atoms with Gasteiger partial charge >= 0.3 is 0 Å². The third kappa shape index (κ3) is 2.22. The molecule has 1 aromatic rings. The first-order valence-corrected chi connectivity index (χ1v) is 5.29. The van der Waals surface area contributed by atoms with Crippen LogP contribution in [-0.4, -0.2) is 15.7 Å². The number of hydrogen-bond donors (Lipinski definition) is 3. The Morgan fingerprint density at radius 2 is 1.83 bits per heavy atom. The van der Waals surface area contributed by atoms with Gasteiger partial charge in [0.1, 0.15) is 0 Å². The molecular formula is C8H13NO2S. The molecule has 1 aromatic carbocycles. The van der Waals surface area contributed by atoms with Crippen molar-refractivity contribution in [3.05, 3.63) is 30.3 Å². The Labute approximate surface area is 73.9 Å². The molecule has 3 nitrogen and oxygen atoms in total. The largest absolute Gasteiger partial charge is 0.282 e. The van der Waals surface area contributed by atoms with Gasteiger partial charge in [-0.15, -0.1) is 10.8 Å². The topological polar surface area (TPSA) is 52.5 Å². The molecule has 0 amide bonds. The molecule has 0 atom stereocenters. The molecule has 0 fully saturated rings. The average molecular weight is 187 g/mol. The highest BCUT2D eigenvalue weighted by Gasteiger charge is 2.11. The minimum Gasteiger partial charge on any atom is -0.282 e. The number of hydrogen-bond acceptors (Lipinski definition) is 3. The van der Waals surface area contributed by atoms with E-state index < -0.39 is 10.8 Å². The van der Waals surface area contributed by atoms with Crippen LogP contribution in [0.1, 0.15) is 6.92 Å². The van der Waals surface area contributed by atoms with Gasteiger partial charge in [0.05, 0.1) is 4.90 Å². The predicted molar refractivity (Wildman–Crippen MR) is 51.2 cm³/mol. The van der Waals surface area contributed by atoms with E-state index in [9.17, 15) is 9.11 Å². The molecule has 0 heterocycles. The zero-order valence-corrected chi connectivity index (χ0v) is 7.71. The highest BCUT2D eigenvalue weighted by Crippen LogP contribution is 2.42. The first kappa shape index (κ1) is 9.54. The lowest BCUT2D eigenvalue weighted by Crippen LogP contribution is -2.19. The van der Waals surface area contributed by atoms with E-state index in [1.807, 2.05) is 13.0 Å². The summed E-state index contributed by atoms with van der Waals surface area (Å²) in [5, 5.41) is 0. The van der Waals surface area contributed by atoms with Crippen LogP contribution in [0, 0.1) is 0 Å². The molecule has 0 spiro atoms. The molecule has 1 rings (SSSR count). The molecule has 0 aromatic heterocycles. The second kappa shape index (κ2) is 3.91. The van der Waals surface area contributed by atoms with Crippen molar-refractivity contribution in [3.63, 3.8) is 0 Å². The number of rotatable bonds is 3. The van der Waals surface area contributed by atoms with E-state index >= 15 is 0 Å². The van der Waals surface area contributed by atoms with Crippen LogP contribution in [-0.2, 0) is 0 Å². The van der Waals surface area contributed by atoms with Crippen molar-refractivity contribution < 1.29 is 9.11 Å². The van der Waals surface area contributed by atoms with Gasteiger partial charge in [0.2, 0.25) is 0 Å². The van der Waals surface area contributed by atoms with Crippen LogP contribution in [0.3, 0.4) is 0 Å². The summed E-state index contributed by atoms with van der Waals surface area (Å²) in [6.45, 7) is 2.37. The Kier molecular flexibility index (Phi) is 3.11. The van der Waals surface area contributed by atoms with Crippen LogP contribution in [0.2, 0.25) is 0 Å². The van der Waals surface area contributed by atoms with E-state index in [4.69, 9.17) is 0 Å². The Bertz CT molecular complexity index is 238. The van der Waals surface area contributed by atoms with Crippen molar-refractivity contribution in [1.29, 1.82) is 0 Å². The van der Waals surface area contributed by atoms with Crippen LogP contribution in [0.15, 0.2) is 35.2 Å². The molecule has 4 heteroatoms. The van der Waals surface area contributed by atoms with E-state index in [1.165, 1.54) is 0 Å². The van der Waals surface area contributed by atoms with Gasteiger partial charge in [0, 0.05) is 6.54 Å².